The first-order valence-electron chi connectivity index (χ1n) is 9.43. The molecular weight excluding hydrogens is 524 g/mol. The fourth-order valence-corrected chi connectivity index (χ4v) is 3.13. The average molecular weight is 550 g/mol. The number of ether oxygens (including phenoxy) is 3. The predicted octanol–water partition coefficient (Wildman–Crippen LogP) is 4.14. The number of benzene rings is 2. The largest absolute Gasteiger partial charge is 0.489 e. The lowest BCUT2D eigenvalue weighted by molar-refractivity contribution is -0.0172. The fourth-order valence-electron chi connectivity index (χ4n) is 3.01. The average Bonchev–Trinajstić information content (AvgIpc) is 2.72. The van der Waals surface area contributed by atoms with Crippen LogP contribution in [0.25, 0.3) is 0 Å². The maximum atomic E-state index is 13.8. The Morgan fingerprint density at radius 2 is 2.03 bits per heavy atom. The molecule has 0 radical (unpaired) electrons. The number of fused-ring (bicyclic) bond motifs is 1. The first kappa shape index (κ1) is 24.5. The molecule has 0 saturated heterocycles. The van der Waals surface area contributed by atoms with Crippen LogP contribution in [0.4, 0.5) is 4.39 Å². The molecule has 2 aromatic carbocycles. The third-order valence-electron chi connectivity index (χ3n) is 4.37. The fraction of sp³-hybridized carbons (Fsp3) is 0.381. The molecule has 1 heterocycles. The number of guanidine groups is 1. The second kappa shape index (κ2) is 12.2. The Balaban J connectivity index is 0.00000320. The van der Waals surface area contributed by atoms with E-state index in [2.05, 4.69) is 15.6 Å². The Morgan fingerprint density at radius 3 is 2.77 bits per heavy atom. The molecule has 0 aliphatic carbocycles. The SMILES string of the molecule is CN=C(NCCc1cc(F)cc2c1OCOC2)NCC(C)Oc1ccc(Cl)cc1.I. The molecule has 30 heavy (non-hydrogen) atoms. The minimum Gasteiger partial charge on any atom is -0.489 e. The van der Waals surface area contributed by atoms with Crippen molar-refractivity contribution in [3.8, 4) is 11.5 Å². The van der Waals surface area contributed by atoms with Gasteiger partial charge < -0.3 is 24.8 Å². The molecule has 1 atom stereocenters. The van der Waals surface area contributed by atoms with Gasteiger partial charge in [-0.05, 0) is 55.3 Å². The van der Waals surface area contributed by atoms with E-state index in [9.17, 15) is 4.39 Å². The van der Waals surface area contributed by atoms with Crippen molar-refractivity contribution in [2.75, 3.05) is 26.9 Å². The minimum absolute atomic E-state index is 0. The summed E-state index contributed by atoms with van der Waals surface area (Å²) in [4.78, 5) is 4.21. The molecule has 0 spiro atoms. The van der Waals surface area contributed by atoms with E-state index in [1.54, 1.807) is 19.2 Å². The first-order chi connectivity index (χ1) is 14.0. The molecule has 0 saturated carbocycles. The van der Waals surface area contributed by atoms with Gasteiger partial charge in [0.2, 0.25) is 0 Å². The topological polar surface area (TPSA) is 64.1 Å². The smallest absolute Gasteiger partial charge is 0.191 e. The van der Waals surface area contributed by atoms with Gasteiger partial charge in [0, 0.05) is 24.2 Å². The molecule has 1 unspecified atom stereocenters. The minimum atomic E-state index is -0.288. The van der Waals surface area contributed by atoms with E-state index in [0.717, 1.165) is 16.9 Å². The summed E-state index contributed by atoms with van der Waals surface area (Å²) in [6.07, 6.45) is 0.524. The second-order valence-electron chi connectivity index (χ2n) is 6.68. The van der Waals surface area contributed by atoms with Gasteiger partial charge in [0.1, 0.15) is 23.4 Å². The van der Waals surface area contributed by atoms with Crippen molar-refractivity contribution in [1.29, 1.82) is 0 Å². The maximum absolute atomic E-state index is 13.8. The molecule has 3 rings (SSSR count). The first-order valence-corrected chi connectivity index (χ1v) is 9.81. The summed E-state index contributed by atoms with van der Waals surface area (Å²) < 4.78 is 30.4. The van der Waals surface area contributed by atoms with Crippen molar-refractivity contribution >= 4 is 41.5 Å². The number of hydrogen-bond acceptors (Lipinski definition) is 4. The van der Waals surface area contributed by atoms with E-state index >= 15 is 0 Å². The van der Waals surface area contributed by atoms with Crippen molar-refractivity contribution in [2.45, 2.75) is 26.1 Å². The van der Waals surface area contributed by atoms with E-state index in [-0.39, 0.29) is 42.7 Å². The van der Waals surface area contributed by atoms with Crippen LogP contribution in [0.3, 0.4) is 0 Å². The van der Waals surface area contributed by atoms with E-state index in [1.807, 2.05) is 19.1 Å². The van der Waals surface area contributed by atoms with Crippen LogP contribution in [0.5, 0.6) is 11.5 Å². The number of hydrogen-bond donors (Lipinski definition) is 2. The van der Waals surface area contributed by atoms with Gasteiger partial charge in [0.05, 0.1) is 13.2 Å². The quantitative estimate of drug-likeness (QED) is 0.309. The van der Waals surface area contributed by atoms with Gasteiger partial charge in [-0.1, -0.05) is 11.6 Å². The van der Waals surface area contributed by atoms with Crippen molar-refractivity contribution in [2.24, 2.45) is 4.99 Å². The standard InChI is InChI=1S/C21H25ClFN3O3.HI/c1-14(29-19-5-3-17(22)4-6-19)11-26-21(24-2)25-8-7-15-9-18(23)10-16-12-27-13-28-20(15)16;/h3-6,9-10,14H,7-8,11-13H2,1-2H3,(H2,24,25,26);1H. The Kier molecular flexibility index (Phi) is 9.93. The molecule has 2 aromatic rings. The second-order valence-corrected chi connectivity index (χ2v) is 7.11. The van der Waals surface area contributed by atoms with Gasteiger partial charge in [-0.15, -0.1) is 24.0 Å². The van der Waals surface area contributed by atoms with Gasteiger partial charge >= 0.3 is 0 Å². The van der Waals surface area contributed by atoms with Crippen LogP contribution in [0.1, 0.15) is 18.1 Å². The van der Waals surface area contributed by atoms with E-state index in [1.165, 1.54) is 12.1 Å². The summed E-state index contributed by atoms with van der Waals surface area (Å²) in [6, 6.07) is 10.2. The number of halogens is 3. The van der Waals surface area contributed by atoms with Crippen LogP contribution < -0.4 is 20.1 Å². The van der Waals surface area contributed by atoms with Crippen LogP contribution in [0.2, 0.25) is 5.02 Å². The van der Waals surface area contributed by atoms with Crippen LogP contribution in [-0.4, -0.2) is 39.0 Å². The normalized spacial score (nSPS) is 14.1. The van der Waals surface area contributed by atoms with E-state index in [4.69, 9.17) is 25.8 Å². The lowest BCUT2D eigenvalue weighted by atomic mass is 10.1. The van der Waals surface area contributed by atoms with Gasteiger partial charge in [-0.25, -0.2) is 4.39 Å². The van der Waals surface area contributed by atoms with Gasteiger partial charge in [0.25, 0.3) is 0 Å². The molecule has 0 fully saturated rings. The summed E-state index contributed by atoms with van der Waals surface area (Å²) >= 11 is 5.88. The van der Waals surface area contributed by atoms with Crippen molar-refractivity contribution in [3.05, 3.63) is 58.4 Å². The van der Waals surface area contributed by atoms with Crippen molar-refractivity contribution in [1.82, 2.24) is 10.6 Å². The molecule has 1 aliphatic heterocycles. The summed E-state index contributed by atoms with van der Waals surface area (Å²) in [5.41, 5.74) is 1.55. The number of nitrogens with zero attached hydrogens (tertiary/aromatic N) is 1. The molecule has 9 heteroatoms. The predicted molar refractivity (Wildman–Crippen MR) is 127 cm³/mol. The monoisotopic (exact) mass is 549 g/mol. The summed E-state index contributed by atoms with van der Waals surface area (Å²) in [5, 5.41) is 7.12. The zero-order valence-electron chi connectivity index (χ0n) is 16.9. The van der Waals surface area contributed by atoms with Crippen molar-refractivity contribution in [3.63, 3.8) is 0 Å². The molecule has 1 aliphatic rings. The maximum Gasteiger partial charge on any atom is 0.191 e. The molecule has 0 amide bonds. The van der Waals surface area contributed by atoms with Gasteiger partial charge in [-0.2, -0.15) is 0 Å². The lowest BCUT2D eigenvalue weighted by Crippen LogP contribution is -2.42. The zero-order chi connectivity index (χ0) is 20.6. The van der Waals surface area contributed by atoms with Crippen molar-refractivity contribution < 1.29 is 18.6 Å². The summed E-state index contributed by atoms with van der Waals surface area (Å²) in [6.45, 7) is 3.66. The highest BCUT2D eigenvalue weighted by Crippen LogP contribution is 2.29. The molecule has 0 aromatic heterocycles. The van der Waals surface area contributed by atoms with E-state index in [0.29, 0.717) is 42.8 Å². The Bertz CT molecular complexity index is 852. The molecule has 164 valence electrons. The molecular formula is C21H26ClFIN3O3. The summed E-state index contributed by atoms with van der Waals surface area (Å²) in [7, 11) is 1.70. The number of rotatable bonds is 7. The highest BCUT2D eigenvalue weighted by Gasteiger charge is 2.17. The van der Waals surface area contributed by atoms with Gasteiger partial charge in [-0.3, -0.25) is 4.99 Å². The molecule has 2 N–H and O–H groups in total. The van der Waals surface area contributed by atoms with Crippen LogP contribution in [-0.2, 0) is 17.8 Å². The zero-order valence-corrected chi connectivity index (χ0v) is 20.0. The Labute approximate surface area is 198 Å². The Hall–Kier alpha value is -1.78. The summed E-state index contributed by atoms with van der Waals surface area (Å²) in [5.74, 6) is 1.83. The highest BCUT2D eigenvalue weighted by molar-refractivity contribution is 14.0. The van der Waals surface area contributed by atoms with Gasteiger partial charge in [0.15, 0.2) is 12.8 Å². The lowest BCUT2D eigenvalue weighted by Gasteiger charge is -2.21. The van der Waals surface area contributed by atoms with Crippen LogP contribution >= 0.6 is 35.6 Å². The number of nitrogens with one attached hydrogen (secondary N) is 2. The number of aliphatic imine (C=N–C) groups is 1. The molecule has 6 nitrogen and oxygen atoms in total. The third-order valence-corrected chi connectivity index (χ3v) is 4.62. The third kappa shape index (κ3) is 7.17. The highest BCUT2D eigenvalue weighted by atomic mass is 127. The van der Waals surface area contributed by atoms with Crippen LogP contribution in [0.15, 0.2) is 41.4 Å². The Morgan fingerprint density at radius 1 is 1.27 bits per heavy atom. The molecule has 0 bridgehead atoms. The van der Waals surface area contributed by atoms with Crippen LogP contribution in [0, 0.1) is 5.82 Å². The van der Waals surface area contributed by atoms with E-state index < -0.39 is 0 Å².